The van der Waals surface area contributed by atoms with Gasteiger partial charge in [0.25, 0.3) is 0 Å². The summed E-state index contributed by atoms with van der Waals surface area (Å²) in [6.45, 7) is 1.86. The fourth-order valence-electron chi connectivity index (χ4n) is 1.74. The van der Waals surface area contributed by atoms with Gasteiger partial charge in [0.1, 0.15) is 5.82 Å². The Morgan fingerprint density at radius 3 is 2.71 bits per heavy atom. The van der Waals surface area contributed by atoms with Gasteiger partial charge in [0.15, 0.2) is 9.84 Å². The molecule has 0 spiro atoms. The van der Waals surface area contributed by atoms with Crippen molar-refractivity contribution in [1.82, 2.24) is 15.2 Å². The van der Waals surface area contributed by atoms with Crippen molar-refractivity contribution in [3.8, 4) is 0 Å². The number of rotatable bonds is 1. The summed E-state index contributed by atoms with van der Waals surface area (Å²) in [6.07, 6.45) is 0.573. The zero-order valence-electron chi connectivity index (χ0n) is 7.82. The number of hydrogen-bond acceptors (Lipinski definition) is 5. The van der Waals surface area contributed by atoms with Gasteiger partial charge in [0.2, 0.25) is 5.95 Å². The van der Waals surface area contributed by atoms with Gasteiger partial charge in [-0.3, -0.25) is 5.10 Å². The molecule has 0 radical (unpaired) electrons. The number of anilines is 1. The van der Waals surface area contributed by atoms with Gasteiger partial charge in [-0.15, -0.1) is 5.10 Å². The highest BCUT2D eigenvalue weighted by molar-refractivity contribution is 7.91. The average Bonchev–Trinajstić information content (AvgIpc) is 2.57. The van der Waals surface area contributed by atoms with E-state index in [0.717, 1.165) is 0 Å². The summed E-state index contributed by atoms with van der Waals surface area (Å²) in [5.41, 5.74) is 4.91. The van der Waals surface area contributed by atoms with E-state index in [1.807, 2.05) is 6.92 Å². The van der Waals surface area contributed by atoms with Crippen LogP contribution < -0.4 is 5.73 Å². The molecule has 1 aliphatic rings. The van der Waals surface area contributed by atoms with Crippen LogP contribution in [0.3, 0.4) is 0 Å². The fraction of sp³-hybridized carbons (Fsp3) is 0.714. The topological polar surface area (TPSA) is 102 Å². The SMILES string of the molecule is CC1(c2nc(N)n[nH]2)CCS(=O)(=O)C1. The molecule has 3 N–H and O–H groups in total. The van der Waals surface area contributed by atoms with Crippen molar-refractivity contribution in [1.29, 1.82) is 0 Å². The van der Waals surface area contributed by atoms with Gasteiger partial charge in [-0.1, -0.05) is 6.92 Å². The first-order valence-corrected chi connectivity index (χ1v) is 6.12. The number of H-pyrrole nitrogens is 1. The van der Waals surface area contributed by atoms with Crippen LogP contribution in [0.1, 0.15) is 19.2 Å². The highest BCUT2D eigenvalue weighted by Gasteiger charge is 2.42. The molecule has 1 unspecified atom stereocenters. The molecule has 0 amide bonds. The smallest absolute Gasteiger partial charge is 0.239 e. The minimum absolute atomic E-state index is 0.120. The molecule has 1 aliphatic heterocycles. The Kier molecular flexibility index (Phi) is 1.82. The van der Waals surface area contributed by atoms with Crippen LogP contribution in [0.4, 0.5) is 5.95 Å². The van der Waals surface area contributed by atoms with Gasteiger partial charge < -0.3 is 5.73 Å². The average molecular weight is 216 g/mol. The molecule has 14 heavy (non-hydrogen) atoms. The maximum atomic E-state index is 11.3. The molecular weight excluding hydrogens is 204 g/mol. The summed E-state index contributed by atoms with van der Waals surface area (Å²) in [7, 11) is -2.92. The summed E-state index contributed by atoms with van der Waals surface area (Å²) in [4.78, 5) is 3.98. The van der Waals surface area contributed by atoms with Gasteiger partial charge in [-0.2, -0.15) is 4.98 Å². The van der Waals surface area contributed by atoms with E-state index in [9.17, 15) is 8.42 Å². The lowest BCUT2D eigenvalue weighted by Gasteiger charge is -2.17. The molecule has 1 aromatic heterocycles. The van der Waals surface area contributed by atoms with E-state index >= 15 is 0 Å². The monoisotopic (exact) mass is 216 g/mol. The number of aromatic nitrogens is 3. The molecule has 0 aliphatic carbocycles. The van der Waals surface area contributed by atoms with Crippen LogP contribution in [0.25, 0.3) is 0 Å². The van der Waals surface area contributed by atoms with Crippen molar-refractivity contribution >= 4 is 15.8 Å². The summed E-state index contributed by atoms with van der Waals surface area (Å²) in [5.74, 6) is 1.06. The van der Waals surface area contributed by atoms with E-state index in [4.69, 9.17) is 5.73 Å². The van der Waals surface area contributed by atoms with Crippen molar-refractivity contribution in [2.24, 2.45) is 0 Å². The molecule has 1 fully saturated rings. The lowest BCUT2D eigenvalue weighted by molar-refractivity contribution is 0.503. The number of sulfone groups is 1. The van der Waals surface area contributed by atoms with Gasteiger partial charge >= 0.3 is 0 Å². The van der Waals surface area contributed by atoms with Crippen LogP contribution in [-0.2, 0) is 15.3 Å². The van der Waals surface area contributed by atoms with E-state index in [2.05, 4.69) is 15.2 Å². The Morgan fingerprint density at radius 2 is 2.29 bits per heavy atom. The van der Waals surface area contributed by atoms with Crippen molar-refractivity contribution in [2.45, 2.75) is 18.8 Å². The highest BCUT2D eigenvalue weighted by Crippen LogP contribution is 2.33. The van der Waals surface area contributed by atoms with E-state index in [-0.39, 0.29) is 17.5 Å². The summed E-state index contributed by atoms with van der Waals surface area (Å²) in [6, 6.07) is 0. The molecule has 0 aromatic carbocycles. The Balaban J connectivity index is 2.36. The minimum Gasteiger partial charge on any atom is -0.367 e. The normalized spacial score (nSPS) is 30.6. The van der Waals surface area contributed by atoms with Gasteiger partial charge in [0.05, 0.1) is 11.5 Å². The number of hydrogen-bond donors (Lipinski definition) is 2. The Bertz CT molecular complexity index is 452. The lowest BCUT2D eigenvalue weighted by Crippen LogP contribution is -2.25. The van der Waals surface area contributed by atoms with Crippen LogP contribution >= 0.6 is 0 Å². The fourth-order valence-corrected chi connectivity index (χ4v) is 3.90. The molecule has 1 aromatic rings. The Morgan fingerprint density at radius 1 is 1.57 bits per heavy atom. The maximum Gasteiger partial charge on any atom is 0.239 e. The van der Waals surface area contributed by atoms with Crippen molar-refractivity contribution in [3.05, 3.63) is 5.82 Å². The first-order valence-electron chi connectivity index (χ1n) is 4.30. The van der Waals surface area contributed by atoms with Crippen LogP contribution in [0.15, 0.2) is 0 Å². The number of nitrogen functional groups attached to an aromatic ring is 1. The summed E-state index contributed by atoms with van der Waals surface area (Å²) < 4.78 is 22.7. The molecule has 7 heteroatoms. The zero-order valence-corrected chi connectivity index (χ0v) is 8.63. The van der Waals surface area contributed by atoms with Gasteiger partial charge in [-0.25, -0.2) is 8.42 Å². The number of nitrogens with two attached hydrogens (primary N) is 1. The molecule has 78 valence electrons. The van der Waals surface area contributed by atoms with E-state index < -0.39 is 15.3 Å². The lowest BCUT2D eigenvalue weighted by atomic mass is 9.90. The standard InChI is InChI=1S/C7H12N4O2S/c1-7(2-3-14(12,13)4-7)5-9-6(8)11-10-5/h2-4H2,1H3,(H3,8,9,10,11). The molecule has 2 heterocycles. The number of nitrogens with zero attached hydrogens (tertiary/aromatic N) is 2. The van der Waals surface area contributed by atoms with Gasteiger partial charge in [-0.05, 0) is 6.42 Å². The van der Waals surface area contributed by atoms with Crippen LogP contribution in [0, 0.1) is 0 Å². The number of nitrogens with one attached hydrogen (secondary N) is 1. The second kappa shape index (κ2) is 2.69. The third-order valence-electron chi connectivity index (χ3n) is 2.58. The van der Waals surface area contributed by atoms with E-state index in [1.165, 1.54) is 0 Å². The molecule has 0 saturated carbocycles. The zero-order chi connectivity index (χ0) is 10.4. The van der Waals surface area contributed by atoms with Crippen molar-refractivity contribution in [3.63, 3.8) is 0 Å². The first-order chi connectivity index (χ1) is 6.41. The third-order valence-corrected chi connectivity index (χ3v) is 4.48. The van der Waals surface area contributed by atoms with Crippen LogP contribution in [0.2, 0.25) is 0 Å². The molecular formula is C7H12N4O2S. The molecule has 6 nitrogen and oxygen atoms in total. The quantitative estimate of drug-likeness (QED) is 0.656. The number of aromatic amines is 1. The predicted octanol–water partition coefficient (Wildman–Crippen LogP) is -0.537. The maximum absolute atomic E-state index is 11.3. The predicted molar refractivity (Wildman–Crippen MR) is 51.4 cm³/mol. The largest absolute Gasteiger partial charge is 0.367 e. The van der Waals surface area contributed by atoms with E-state index in [1.54, 1.807) is 0 Å². The van der Waals surface area contributed by atoms with E-state index in [0.29, 0.717) is 12.2 Å². The van der Waals surface area contributed by atoms with Crippen LogP contribution in [-0.4, -0.2) is 35.1 Å². The Hall–Kier alpha value is -1.11. The molecule has 1 atom stereocenters. The van der Waals surface area contributed by atoms with Gasteiger partial charge in [0, 0.05) is 5.41 Å². The van der Waals surface area contributed by atoms with Crippen LogP contribution in [0.5, 0.6) is 0 Å². The Labute approximate surface area is 81.8 Å². The molecule has 2 rings (SSSR count). The van der Waals surface area contributed by atoms with Crippen molar-refractivity contribution < 1.29 is 8.42 Å². The summed E-state index contributed by atoms with van der Waals surface area (Å²) in [5, 5.41) is 6.38. The first kappa shape index (κ1) is 9.45. The summed E-state index contributed by atoms with van der Waals surface area (Å²) >= 11 is 0. The highest BCUT2D eigenvalue weighted by atomic mass is 32.2. The third kappa shape index (κ3) is 1.47. The molecule has 1 saturated heterocycles. The molecule has 0 bridgehead atoms. The second-order valence-corrected chi connectivity index (χ2v) is 6.13. The van der Waals surface area contributed by atoms with Crippen molar-refractivity contribution in [2.75, 3.05) is 17.2 Å². The minimum atomic E-state index is -2.92. The second-order valence-electron chi connectivity index (χ2n) is 3.94.